The molecule has 144 valence electrons. The quantitative estimate of drug-likeness (QED) is 0.376. The van der Waals surface area contributed by atoms with Gasteiger partial charge in [-0.1, -0.05) is 71.2 Å². The van der Waals surface area contributed by atoms with Crippen molar-refractivity contribution in [3.8, 4) is 22.7 Å². The summed E-state index contributed by atoms with van der Waals surface area (Å²) in [6.45, 7) is 2.05. The van der Waals surface area contributed by atoms with Crippen LogP contribution in [0.4, 0.5) is 5.82 Å². The summed E-state index contributed by atoms with van der Waals surface area (Å²) in [5.74, 6) is 0.548. The summed E-state index contributed by atoms with van der Waals surface area (Å²) >= 11 is 12.1. The maximum Gasteiger partial charge on any atom is 0.156 e. The summed E-state index contributed by atoms with van der Waals surface area (Å²) < 4.78 is 1.76. The molecule has 4 rings (SSSR count). The van der Waals surface area contributed by atoms with Crippen LogP contribution in [-0.2, 0) is 0 Å². The summed E-state index contributed by atoms with van der Waals surface area (Å²) in [6.07, 6.45) is 1.53. The van der Waals surface area contributed by atoms with Crippen molar-refractivity contribution in [2.24, 2.45) is 4.99 Å². The number of aromatic hydroxyl groups is 1. The monoisotopic (exact) mass is 421 g/mol. The highest BCUT2D eigenvalue weighted by Crippen LogP contribution is 2.31. The molecule has 0 aliphatic rings. The van der Waals surface area contributed by atoms with Crippen LogP contribution in [0.5, 0.6) is 5.75 Å². The first-order chi connectivity index (χ1) is 14.0. The fraction of sp³-hybridized carbons (Fsp3) is 0.0435. The number of para-hydroxylation sites is 1. The summed E-state index contributed by atoms with van der Waals surface area (Å²) in [5.41, 5.74) is 4.29. The molecular weight excluding hydrogens is 405 g/mol. The molecular formula is C23H17Cl2N3O. The Balaban J connectivity index is 1.80. The lowest BCUT2D eigenvalue weighted by Crippen LogP contribution is -1.96. The van der Waals surface area contributed by atoms with E-state index in [1.54, 1.807) is 10.7 Å². The van der Waals surface area contributed by atoms with Crippen molar-refractivity contribution in [2.45, 2.75) is 6.92 Å². The highest BCUT2D eigenvalue weighted by atomic mass is 35.5. The highest BCUT2D eigenvalue weighted by Gasteiger charge is 2.11. The van der Waals surface area contributed by atoms with E-state index in [4.69, 9.17) is 28.3 Å². The number of hydrogen-bond acceptors (Lipinski definition) is 3. The Morgan fingerprint density at radius 2 is 1.69 bits per heavy atom. The Morgan fingerprint density at radius 1 is 0.966 bits per heavy atom. The molecule has 0 aliphatic heterocycles. The summed E-state index contributed by atoms with van der Waals surface area (Å²) in [5, 5.41) is 15.5. The van der Waals surface area contributed by atoms with Crippen LogP contribution in [0, 0.1) is 6.92 Å². The second-order valence-electron chi connectivity index (χ2n) is 6.58. The number of halogens is 2. The zero-order chi connectivity index (χ0) is 20.4. The molecule has 4 nitrogen and oxygen atoms in total. The van der Waals surface area contributed by atoms with E-state index in [0.29, 0.717) is 16.4 Å². The van der Waals surface area contributed by atoms with E-state index >= 15 is 0 Å². The van der Waals surface area contributed by atoms with Gasteiger partial charge in [-0.05, 0) is 31.2 Å². The molecule has 0 saturated carbocycles. The molecule has 3 aromatic carbocycles. The minimum absolute atomic E-state index is 0.0654. The summed E-state index contributed by atoms with van der Waals surface area (Å²) in [7, 11) is 0. The van der Waals surface area contributed by atoms with Crippen LogP contribution in [0.2, 0.25) is 10.0 Å². The smallest absolute Gasteiger partial charge is 0.156 e. The Morgan fingerprint density at radius 3 is 2.41 bits per heavy atom. The number of hydrogen-bond donors (Lipinski definition) is 1. The number of benzene rings is 3. The topological polar surface area (TPSA) is 50.4 Å². The minimum Gasteiger partial charge on any atom is -0.506 e. The summed E-state index contributed by atoms with van der Waals surface area (Å²) in [4.78, 5) is 4.56. The number of aryl methyl sites for hydroxylation is 1. The van der Waals surface area contributed by atoms with Crippen LogP contribution >= 0.6 is 23.2 Å². The normalized spacial score (nSPS) is 11.3. The SMILES string of the molecule is Cc1ccc(-c2cc(N=Cc3cc(Cl)cc(Cl)c3O)n(-c3ccccc3)n2)cc1. The first-order valence-electron chi connectivity index (χ1n) is 8.96. The van der Waals surface area contributed by atoms with Gasteiger partial charge in [-0.25, -0.2) is 9.67 Å². The Kier molecular flexibility index (Phi) is 5.38. The average Bonchev–Trinajstić information content (AvgIpc) is 3.15. The molecule has 0 atom stereocenters. The third-order valence-electron chi connectivity index (χ3n) is 4.43. The molecule has 29 heavy (non-hydrogen) atoms. The van der Waals surface area contributed by atoms with Crippen LogP contribution in [0.15, 0.2) is 77.8 Å². The van der Waals surface area contributed by atoms with Gasteiger partial charge in [0.1, 0.15) is 5.75 Å². The summed E-state index contributed by atoms with van der Waals surface area (Å²) in [6, 6.07) is 22.9. The van der Waals surface area contributed by atoms with Crippen LogP contribution in [0.3, 0.4) is 0 Å². The molecule has 1 heterocycles. The average molecular weight is 422 g/mol. The van der Waals surface area contributed by atoms with E-state index in [9.17, 15) is 5.11 Å². The molecule has 0 spiro atoms. The Bertz CT molecular complexity index is 1180. The van der Waals surface area contributed by atoms with Crippen molar-refractivity contribution < 1.29 is 5.11 Å². The lowest BCUT2D eigenvalue weighted by Gasteiger charge is -2.04. The molecule has 0 bridgehead atoms. The van der Waals surface area contributed by atoms with Gasteiger partial charge in [-0.3, -0.25) is 0 Å². The van der Waals surface area contributed by atoms with Crippen molar-refractivity contribution in [2.75, 3.05) is 0 Å². The van der Waals surface area contributed by atoms with Crippen molar-refractivity contribution in [1.82, 2.24) is 9.78 Å². The second kappa shape index (κ2) is 8.11. The van der Waals surface area contributed by atoms with E-state index in [-0.39, 0.29) is 10.8 Å². The molecule has 0 unspecified atom stereocenters. The Labute approximate surface area is 178 Å². The predicted molar refractivity (Wildman–Crippen MR) is 119 cm³/mol. The lowest BCUT2D eigenvalue weighted by atomic mass is 10.1. The third-order valence-corrected chi connectivity index (χ3v) is 4.94. The molecule has 1 N–H and O–H groups in total. The van der Waals surface area contributed by atoms with E-state index in [2.05, 4.69) is 4.99 Å². The lowest BCUT2D eigenvalue weighted by molar-refractivity contribution is 0.475. The van der Waals surface area contributed by atoms with Crippen molar-refractivity contribution in [3.63, 3.8) is 0 Å². The fourth-order valence-corrected chi connectivity index (χ4v) is 3.42. The van der Waals surface area contributed by atoms with Crippen molar-refractivity contribution in [1.29, 1.82) is 0 Å². The van der Waals surface area contributed by atoms with Crippen LogP contribution in [0.1, 0.15) is 11.1 Å². The minimum atomic E-state index is -0.0654. The Hall–Kier alpha value is -3.08. The van der Waals surface area contributed by atoms with Gasteiger partial charge in [0.05, 0.1) is 16.4 Å². The van der Waals surface area contributed by atoms with Crippen LogP contribution in [0.25, 0.3) is 16.9 Å². The molecule has 1 aromatic heterocycles. The molecule has 6 heteroatoms. The molecule has 0 fully saturated rings. The third kappa shape index (κ3) is 4.19. The number of aliphatic imine (C=N–C) groups is 1. The molecule has 4 aromatic rings. The van der Waals surface area contributed by atoms with Gasteiger partial charge in [0.2, 0.25) is 0 Å². The van der Waals surface area contributed by atoms with Gasteiger partial charge in [0, 0.05) is 28.4 Å². The highest BCUT2D eigenvalue weighted by molar-refractivity contribution is 6.36. The van der Waals surface area contributed by atoms with Gasteiger partial charge < -0.3 is 5.11 Å². The van der Waals surface area contributed by atoms with Gasteiger partial charge >= 0.3 is 0 Å². The zero-order valence-electron chi connectivity index (χ0n) is 15.6. The van der Waals surface area contributed by atoms with Crippen molar-refractivity contribution >= 4 is 35.2 Å². The number of phenols is 1. The first kappa shape index (κ1) is 19.2. The van der Waals surface area contributed by atoms with Gasteiger partial charge in [-0.2, -0.15) is 5.10 Å². The molecule has 0 aliphatic carbocycles. The molecule has 0 radical (unpaired) electrons. The second-order valence-corrected chi connectivity index (χ2v) is 7.43. The van der Waals surface area contributed by atoms with Crippen molar-refractivity contribution in [3.05, 3.63) is 94.0 Å². The standard InChI is InChI=1S/C23H17Cl2N3O/c1-15-7-9-16(10-8-15)21-13-22(28(27-21)19-5-3-2-4-6-19)26-14-17-11-18(24)12-20(25)23(17)29/h2-14,29H,1H3. The molecule has 0 amide bonds. The van der Waals surface area contributed by atoms with E-state index in [1.165, 1.54) is 17.8 Å². The van der Waals surface area contributed by atoms with E-state index in [1.807, 2.05) is 67.6 Å². The fourth-order valence-electron chi connectivity index (χ4n) is 2.91. The first-order valence-corrected chi connectivity index (χ1v) is 9.71. The molecule has 0 saturated heterocycles. The van der Waals surface area contributed by atoms with E-state index in [0.717, 1.165) is 16.9 Å². The predicted octanol–water partition coefficient (Wildman–Crippen LogP) is 6.61. The van der Waals surface area contributed by atoms with Gasteiger partial charge in [0.15, 0.2) is 5.82 Å². The number of rotatable bonds is 4. The van der Waals surface area contributed by atoms with Crippen LogP contribution in [-0.4, -0.2) is 21.1 Å². The number of nitrogens with zero attached hydrogens (tertiary/aromatic N) is 3. The van der Waals surface area contributed by atoms with Gasteiger partial charge in [0.25, 0.3) is 0 Å². The maximum absolute atomic E-state index is 10.2. The van der Waals surface area contributed by atoms with Gasteiger partial charge in [-0.15, -0.1) is 0 Å². The maximum atomic E-state index is 10.2. The number of phenolic OH excluding ortho intramolecular Hbond substituents is 1. The number of aromatic nitrogens is 2. The van der Waals surface area contributed by atoms with E-state index < -0.39 is 0 Å². The van der Waals surface area contributed by atoms with Crippen LogP contribution < -0.4 is 0 Å². The largest absolute Gasteiger partial charge is 0.506 e. The zero-order valence-corrected chi connectivity index (χ0v) is 17.1.